The van der Waals surface area contributed by atoms with Crippen molar-refractivity contribution in [3.63, 3.8) is 0 Å². The van der Waals surface area contributed by atoms with Gasteiger partial charge in [0.2, 0.25) is 0 Å². The van der Waals surface area contributed by atoms with Crippen LogP contribution in [-0.2, 0) is 23.9 Å². The fourth-order valence-corrected chi connectivity index (χ4v) is 1.75. The molecule has 0 amide bonds. The van der Waals surface area contributed by atoms with Gasteiger partial charge in [0.1, 0.15) is 0 Å². The summed E-state index contributed by atoms with van der Waals surface area (Å²) in [6.45, 7) is 4.34. The van der Waals surface area contributed by atoms with Gasteiger partial charge < -0.3 is 9.47 Å². The molecular formula is C9H12O5S. The average Bonchev–Trinajstić information content (AvgIpc) is 1.98. The molecule has 0 spiro atoms. The Kier molecular flexibility index (Phi) is 3.38. The van der Waals surface area contributed by atoms with Crippen molar-refractivity contribution in [3.8, 4) is 0 Å². The Morgan fingerprint density at radius 1 is 1.33 bits per heavy atom. The van der Waals surface area contributed by atoms with Gasteiger partial charge in [0.25, 0.3) is 5.79 Å². The minimum absolute atomic E-state index is 0.0725. The van der Waals surface area contributed by atoms with Gasteiger partial charge in [-0.05, 0) is 0 Å². The summed E-state index contributed by atoms with van der Waals surface area (Å²) >= 11 is 0.905. The molecule has 0 bridgehead atoms. The van der Waals surface area contributed by atoms with Crippen molar-refractivity contribution in [1.29, 1.82) is 0 Å². The normalized spacial score (nSPS) is 20.7. The van der Waals surface area contributed by atoms with Crippen LogP contribution in [0.4, 0.5) is 0 Å². The predicted molar refractivity (Wildman–Crippen MR) is 52.9 cm³/mol. The van der Waals surface area contributed by atoms with E-state index in [2.05, 4.69) is 0 Å². The average molecular weight is 232 g/mol. The third kappa shape index (κ3) is 3.23. The Hall–Kier alpha value is -1.04. The zero-order chi connectivity index (χ0) is 11.6. The van der Waals surface area contributed by atoms with E-state index in [1.807, 2.05) is 0 Å². The molecule has 0 saturated carbocycles. The van der Waals surface area contributed by atoms with E-state index in [4.69, 9.17) is 9.47 Å². The highest BCUT2D eigenvalue weighted by atomic mass is 32.2. The topological polar surface area (TPSA) is 69.7 Å². The lowest BCUT2D eigenvalue weighted by Gasteiger charge is -2.32. The van der Waals surface area contributed by atoms with Crippen LogP contribution in [0, 0.1) is 5.92 Å². The van der Waals surface area contributed by atoms with E-state index in [1.54, 1.807) is 0 Å². The maximum Gasteiger partial charge on any atom is 0.324 e. The van der Waals surface area contributed by atoms with E-state index in [0.29, 0.717) is 0 Å². The summed E-state index contributed by atoms with van der Waals surface area (Å²) in [4.78, 5) is 33.5. The van der Waals surface area contributed by atoms with E-state index >= 15 is 0 Å². The second-order valence-corrected chi connectivity index (χ2v) is 4.79. The van der Waals surface area contributed by atoms with Gasteiger partial charge in [0, 0.05) is 26.5 Å². The first-order chi connectivity index (χ1) is 6.82. The second-order valence-electron chi connectivity index (χ2n) is 3.60. The van der Waals surface area contributed by atoms with Crippen LogP contribution in [0.2, 0.25) is 0 Å². The lowest BCUT2D eigenvalue weighted by molar-refractivity contribution is -0.238. The van der Waals surface area contributed by atoms with Gasteiger partial charge in [0.15, 0.2) is 11.0 Å². The third-order valence-corrected chi connectivity index (χ3v) is 2.62. The monoisotopic (exact) mass is 232 g/mol. The number of cyclic esters (lactones) is 2. The molecule has 0 radical (unpaired) electrons. The van der Waals surface area contributed by atoms with Gasteiger partial charge in [-0.3, -0.25) is 14.4 Å². The molecule has 0 aromatic carbocycles. The highest BCUT2D eigenvalue weighted by molar-refractivity contribution is 8.13. The number of esters is 2. The molecule has 1 fully saturated rings. The number of carbonyl (C=O) groups is 3. The van der Waals surface area contributed by atoms with Crippen molar-refractivity contribution < 1.29 is 23.9 Å². The lowest BCUT2D eigenvalue weighted by atomic mass is 10.1. The maximum atomic E-state index is 11.4. The molecular weight excluding hydrogens is 220 g/mol. The predicted octanol–water partition coefficient (Wildman–Crippen LogP) is 0.718. The fourth-order valence-electron chi connectivity index (χ4n) is 1.08. The van der Waals surface area contributed by atoms with Gasteiger partial charge in [-0.1, -0.05) is 11.8 Å². The zero-order valence-electron chi connectivity index (χ0n) is 8.73. The van der Waals surface area contributed by atoms with Crippen molar-refractivity contribution in [2.75, 3.05) is 5.75 Å². The first-order valence-electron chi connectivity index (χ1n) is 4.41. The Bertz CT molecular complexity index is 290. The summed E-state index contributed by atoms with van der Waals surface area (Å²) < 4.78 is 9.76. The molecule has 1 aliphatic rings. The minimum Gasteiger partial charge on any atom is -0.422 e. The second kappa shape index (κ2) is 4.22. The van der Waals surface area contributed by atoms with Gasteiger partial charge in [-0.25, -0.2) is 0 Å². The molecule has 5 nitrogen and oxygen atoms in total. The Morgan fingerprint density at radius 2 is 1.80 bits per heavy atom. The van der Waals surface area contributed by atoms with E-state index in [9.17, 15) is 14.4 Å². The summed E-state index contributed by atoms with van der Waals surface area (Å²) in [6.07, 6.45) is 0. The SMILES string of the molecule is CC(=O)SCC1C(=O)OC(C)(C)OC1=O. The zero-order valence-corrected chi connectivity index (χ0v) is 9.55. The fraction of sp³-hybridized carbons (Fsp3) is 0.667. The standard InChI is InChI=1S/C9H12O5S/c1-5(10)15-4-6-7(11)13-9(2,3)14-8(6)12/h6H,4H2,1-3H3. The third-order valence-electron chi connectivity index (χ3n) is 1.72. The van der Waals surface area contributed by atoms with Crippen molar-refractivity contribution in [3.05, 3.63) is 0 Å². The van der Waals surface area contributed by atoms with Gasteiger partial charge in [0.05, 0.1) is 0 Å². The first-order valence-corrected chi connectivity index (χ1v) is 5.39. The summed E-state index contributed by atoms with van der Waals surface area (Å²) in [5, 5.41) is -0.152. The van der Waals surface area contributed by atoms with Crippen molar-refractivity contribution >= 4 is 28.8 Å². The Labute approximate surface area is 91.5 Å². The van der Waals surface area contributed by atoms with Crippen LogP contribution in [0.5, 0.6) is 0 Å². The summed E-state index contributed by atoms with van der Waals surface area (Å²) in [7, 11) is 0. The molecule has 0 aliphatic carbocycles. The number of thioether (sulfide) groups is 1. The lowest BCUT2D eigenvalue weighted by Crippen LogP contribution is -2.47. The molecule has 1 heterocycles. The van der Waals surface area contributed by atoms with Crippen LogP contribution in [0.3, 0.4) is 0 Å². The molecule has 84 valence electrons. The number of carbonyl (C=O) groups excluding carboxylic acids is 3. The Morgan fingerprint density at radius 3 is 2.20 bits per heavy atom. The van der Waals surface area contributed by atoms with Crippen LogP contribution in [0.1, 0.15) is 20.8 Å². The number of hydrogen-bond acceptors (Lipinski definition) is 6. The molecule has 0 unspecified atom stereocenters. The molecule has 1 aliphatic heterocycles. The molecule has 6 heteroatoms. The number of ether oxygens (including phenoxy) is 2. The molecule has 1 rings (SSSR count). The van der Waals surface area contributed by atoms with E-state index < -0.39 is 23.6 Å². The maximum absolute atomic E-state index is 11.4. The van der Waals surface area contributed by atoms with Crippen LogP contribution >= 0.6 is 11.8 Å². The van der Waals surface area contributed by atoms with Gasteiger partial charge in [-0.2, -0.15) is 0 Å². The number of hydrogen-bond donors (Lipinski definition) is 0. The molecule has 0 atom stereocenters. The first kappa shape index (κ1) is 12.0. The highest BCUT2D eigenvalue weighted by Gasteiger charge is 2.43. The number of rotatable bonds is 2. The summed E-state index contributed by atoms with van der Waals surface area (Å²) in [5.74, 6) is -3.39. The van der Waals surface area contributed by atoms with E-state index in [-0.39, 0.29) is 10.9 Å². The van der Waals surface area contributed by atoms with Gasteiger partial charge in [-0.15, -0.1) is 0 Å². The quantitative estimate of drug-likeness (QED) is 0.516. The van der Waals surface area contributed by atoms with Gasteiger partial charge >= 0.3 is 11.9 Å². The van der Waals surface area contributed by atoms with E-state index in [1.165, 1.54) is 20.8 Å². The van der Waals surface area contributed by atoms with Crippen molar-refractivity contribution in [2.45, 2.75) is 26.6 Å². The van der Waals surface area contributed by atoms with Crippen LogP contribution < -0.4 is 0 Å². The molecule has 0 aromatic heterocycles. The minimum atomic E-state index is -1.20. The van der Waals surface area contributed by atoms with Crippen LogP contribution in [-0.4, -0.2) is 28.6 Å². The highest BCUT2D eigenvalue weighted by Crippen LogP contribution is 2.25. The smallest absolute Gasteiger partial charge is 0.324 e. The molecule has 1 saturated heterocycles. The van der Waals surface area contributed by atoms with E-state index in [0.717, 1.165) is 11.8 Å². The summed E-state index contributed by atoms with van der Waals surface area (Å²) in [5.41, 5.74) is 0. The van der Waals surface area contributed by atoms with Crippen LogP contribution in [0.15, 0.2) is 0 Å². The largest absolute Gasteiger partial charge is 0.422 e. The molecule has 0 N–H and O–H groups in total. The van der Waals surface area contributed by atoms with Crippen molar-refractivity contribution in [1.82, 2.24) is 0 Å². The molecule has 0 aromatic rings. The van der Waals surface area contributed by atoms with Crippen molar-refractivity contribution in [2.24, 2.45) is 5.92 Å². The Balaban J connectivity index is 2.63. The molecule has 15 heavy (non-hydrogen) atoms. The van der Waals surface area contributed by atoms with Crippen LogP contribution in [0.25, 0.3) is 0 Å². The summed E-state index contributed by atoms with van der Waals surface area (Å²) in [6, 6.07) is 0.